The van der Waals surface area contributed by atoms with Crippen LogP contribution in [-0.4, -0.2) is 45.7 Å². The lowest BCUT2D eigenvalue weighted by Gasteiger charge is -2.18. The molecule has 0 unspecified atom stereocenters. The summed E-state index contributed by atoms with van der Waals surface area (Å²) in [6.45, 7) is 6.16. The van der Waals surface area contributed by atoms with Gasteiger partial charge in [-0.25, -0.2) is 9.50 Å². The summed E-state index contributed by atoms with van der Waals surface area (Å²) >= 11 is 0. The number of carbonyl (C=O) groups is 1. The molecule has 1 aliphatic rings. The summed E-state index contributed by atoms with van der Waals surface area (Å²) in [6, 6.07) is 1.94. The molecule has 3 N–H and O–H groups in total. The van der Waals surface area contributed by atoms with E-state index in [1.165, 1.54) is 12.8 Å². The number of hydrogen-bond donors (Lipinski definition) is 2. The molecule has 0 aliphatic carbocycles. The summed E-state index contributed by atoms with van der Waals surface area (Å²) in [5.74, 6) is 0.707. The van der Waals surface area contributed by atoms with E-state index in [4.69, 9.17) is 5.73 Å². The molecule has 0 saturated carbocycles. The minimum atomic E-state index is -0.452. The van der Waals surface area contributed by atoms with Crippen LogP contribution in [0.3, 0.4) is 0 Å². The van der Waals surface area contributed by atoms with Gasteiger partial charge in [-0.3, -0.25) is 4.79 Å². The molecule has 2 aromatic rings. The predicted molar refractivity (Wildman–Crippen MR) is 85.0 cm³/mol. The van der Waals surface area contributed by atoms with E-state index in [-0.39, 0.29) is 5.91 Å². The fourth-order valence-electron chi connectivity index (χ4n) is 2.55. The van der Waals surface area contributed by atoms with Crippen molar-refractivity contribution in [1.29, 1.82) is 0 Å². The number of nitrogens with one attached hydrogen (secondary N) is 1. The van der Waals surface area contributed by atoms with Gasteiger partial charge in [0.05, 0.1) is 6.20 Å². The maximum Gasteiger partial charge on any atom is 0.256 e. The highest BCUT2D eigenvalue weighted by Crippen LogP contribution is 2.19. The van der Waals surface area contributed by atoms with E-state index in [1.807, 2.05) is 26.1 Å². The Balaban J connectivity index is 1.86. The molecule has 22 heavy (non-hydrogen) atoms. The number of aromatic nitrogens is 3. The Bertz CT molecular complexity index is 681. The lowest BCUT2D eigenvalue weighted by atomic mass is 10.1. The Kier molecular flexibility index (Phi) is 3.74. The van der Waals surface area contributed by atoms with E-state index in [1.54, 1.807) is 10.7 Å². The number of rotatable bonds is 4. The molecule has 0 radical (unpaired) electrons. The number of carbonyl (C=O) groups excluding carboxylic acids is 1. The van der Waals surface area contributed by atoms with E-state index >= 15 is 0 Å². The number of fused-ring (bicyclic) bond motifs is 1. The van der Waals surface area contributed by atoms with Crippen molar-refractivity contribution in [1.82, 2.24) is 19.9 Å². The molecule has 1 saturated heterocycles. The second-order valence-electron chi connectivity index (χ2n) is 6.48. The molecule has 0 atom stereocenters. The molecular formula is C15H22N6O. The fourth-order valence-corrected chi connectivity index (χ4v) is 2.55. The third-order valence-corrected chi connectivity index (χ3v) is 3.73. The van der Waals surface area contributed by atoms with Crippen molar-refractivity contribution in [2.24, 2.45) is 5.73 Å². The highest BCUT2D eigenvalue weighted by atomic mass is 16.1. The summed E-state index contributed by atoms with van der Waals surface area (Å²) in [5, 5.41) is 7.03. The van der Waals surface area contributed by atoms with Crippen LogP contribution >= 0.6 is 0 Å². The van der Waals surface area contributed by atoms with Gasteiger partial charge in [0, 0.05) is 31.4 Å². The molecule has 3 rings (SSSR count). The smallest absolute Gasteiger partial charge is 0.256 e. The Morgan fingerprint density at radius 3 is 2.82 bits per heavy atom. The summed E-state index contributed by atoms with van der Waals surface area (Å²) in [6.07, 6.45) is 5.77. The average molecular weight is 302 g/mol. The zero-order valence-electron chi connectivity index (χ0n) is 13.0. The first-order valence-electron chi connectivity index (χ1n) is 7.60. The van der Waals surface area contributed by atoms with Gasteiger partial charge >= 0.3 is 0 Å². The first kappa shape index (κ1) is 14.8. The van der Waals surface area contributed by atoms with Crippen LogP contribution < -0.4 is 16.0 Å². The molecular weight excluding hydrogens is 280 g/mol. The molecule has 7 heteroatoms. The number of nitrogens with two attached hydrogens (primary N) is 1. The Morgan fingerprint density at radius 2 is 2.14 bits per heavy atom. The molecule has 2 aromatic heterocycles. The average Bonchev–Trinajstić information content (AvgIpc) is 3.12. The van der Waals surface area contributed by atoms with Gasteiger partial charge in [0.1, 0.15) is 11.4 Å². The van der Waals surface area contributed by atoms with Gasteiger partial charge in [-0.05, 0) is 32.8 Å². The van der Waals surface area contributed by atoms with Crippen LogP contribution in [0, 0.1) is 0 Å². The highest BCUT2D eigenvalue weighted by Gasteiger charge is 2.19. The van der Waals surface area contributed by atoms with Crippen molar-refractivity contribution in [3.63, 3.8) is 0 Å². The highest BCUT2D eigenvalue weighted by molar-refractivity contribution is 5.99. The topological polar surface area (TPSA) is 88.5 Å². The minimum absolute atomic E-state index is 0.195. The zero-order chi connectivity index (χ0) is 15.7. The standard InChI is InChI=1S/C15H22N6O/c1-15(2,16)10-17-14(22)11-9-18-21-8-5-12(19-13(11)21)20-6-3-4-7-20/h5,8-9H,3-4,6-7,10,16H2,1-2H3,(H,17,22). The van der Waals surface area contributed by atoms with Gasteiger partial charge < -0.3 is 16.0 Å². The molecule has 118 valence electrons. The molecule has 1 aliphatic heterocycles. The normalized spacial score (nSPS) is 15.5. The molecule has 0 spiro atoms. The van der Waals surface area contributed by atoms with Gasteiger partial charge in [0.2, 0.25) is 0 Å². The van der Waals surface area contributed by atoms with Crippen LogP contribution in [0.5, 0.6) is 0 Å². The fraction of sp³-hybridized carbons (Fsp3) is 0.533. The maximum atomic E-state index is 12.3. The zero-order valence-corrected chi connectivity index (χ0v) is 13.0. The second kappa shape index (κ2) is 5.57. The number of hydrogen-bond acceptors (Lipinski definition) is 5. The van der Waals surface area contributed by atoms with Crippen molar-refractivity contribution >= 4 is 17.4 Å². The van der Waals surface area contributed by atoms with E-state index in [0.717, 1.165) is 18.9 Å². The monoisotopic (exact) mass is 302 g/mol. The van der Waals surface area contributed by atoms with Crippen LogP contribution in [0.25, 0.3) is 5.65 Å². The summed E-state index contributed by atoms with van der Waals surface area (Å²) in [7, 11) is 0. The Hall–Kier alpha value is -2.15. The van der Waals surface area contributed by atoms with E-state index < -0.39 is 5.54 Å². The van der Waals surface area contributed by atoms with Crippen molar-refractivity contribution < 1.29 is 4.79 Å². The molecule has 3 heterocycles. The molecule has 0 aromatic carbocycles. The van der Waals surface area contributed by atoms with Gasteiger partial charge in [0.25, 0.3) is 5.91 Å². The lowest BCUT2D eigenvalue weighted by molar-refractivity contribution is 0.0947. The Morgan fingerprint density at radius 1 is 1.41 bits per heavy atom. The van der Waals surface area contributed by atoms with Gasteiger partial charge in [-0.1, -0.05) is 0 Å². The number of anilines is 1. The van der Waals surface area contributed by atoms with Crippen LogP contribution in [0.15, 0.2) is 18.5 Å². The predicted octanol–water partition coefficient (Wildman–Crippen LogP) is 0.797. The first-order valence-corrected chi connectivity index (χ1v) is 7.60. The third-order valence-electron chi connectivity index (χ3n) is 3.73. The van der Waals surface area contributed by atoms with Crippen LogP contribution in [-0.2, 0) is 0 Å². The molecule has 0 bridgehead atoms. The van der Waals surface area contributed by atoms with Crippen LogP contribution in [0.2, 0.25) is 0 Å². The van der Waals surface area contributed by atoms with E-state index in [9.17, 15) is 4.79 Å². The van der Waals surface area contributed by atoms with Crippen molar-refractivity contribution in [3.05, 3.63) is 24.0 Å². The molecule has 1 fully saturated rings. The van der Waals surface area contributed by atoms with E-state index in [2.05, 4.69) is 20.3 Å². The third kappa shape index (κ3) is 3.04. The van der Waals surface area contributed by atoms with Crippen LogP contribution in [0.1, 0.15) is 37.0 Å². The molecule has 1 amide bonds. The van der Waals surface area contributed by atoms with Gasteiger partial charge in [0.15, 0.2) is 5.65 Å². The van der Waals surface area contributed by atoms with Gasteiger partial charge in [-0.15, -0.1) is 0 Å². The summed E-state index contributed by atoms with van der Waals surface area (Å²) < 4.78 is 1.63. The second-order valence-corrected chi connectivity index (χ2v) is 6.48. The maximum absolute atomic E-state index is 12.3. The largest absolute Gasteiger partial charge is 0.357 e. The first-order chi connectivity index (χ1) is 10.4. The number of amides is 1. The lowest BCUT2D eigenvalue weighted by Crippen LogP contribution is -2.45. The molecule has 7 nitrogen and oxygen atoms in total. The van der Waals surface area contributed by atoms with Crippen molar-refractivity contribution in [2.45, 2.75) is 32.2 Å². The van der Waals surface area contributed by atoms with E-state index in [0.29, 0.717) is 17.8 Å². The quantitative estimate of drug-likeness (QED) is 0.872. The van der Waals surface area contributed by atoms with Crippen molar-refractivity contribution in [2.75, 3.05) is 24.5 Å². The Labute approximate surface area is 129 Å². The summed E-state index contributed by atoms with van der Waals surface area (Å²) in [5.41, 5.74) is 6.50. The SMILES string of the molecule is CC(C)(N)CNC(=O)c1cnn2ccc(N3CCCC3)nc12. The minimum Gasteiger partial charge on any atom is -0.357 e. The number of nitrogens with zero attached hydrogens (tertiary/aromatic N) is 4. The van der Waals surface area contributed by atoms with Crippen LogP contribution in [0.4, 0.5) is 5.82 Å². The summed E-state index contributed by atoms with van der Waals surface area (Å²) in [4.78, 5) is 19.2. The van der Waals surface area contributed by atoms with Gasteiger partial charge in [-0.2, -0.15) is 5.10 Å². The van der Waals surface area contributed by atoms with Crippen molar-refractivity contribution in [3.8, 4) is 0 Å².